The number of sulfone groups is 1. The van der Waals surface area contributed by atoms with Crippen LogP contribution in [0.3, 0.4) is 0 Å². The van der Waals surface area contributed by atoms with Crippen LogP contribution in [0.2, 0.25) is 0 Å². The van der Waals surface area contributed by atoms with Gasteiger partial charge in [0.15, 0.2) is 14.9 Å². The van der Waals surface area contributed by atoms with E-state index in [4.69, 9.17) is 4.74 Å². The van der Waals surface area contributed by atoms with Crippen LogP contribution in [-0.4, -0.2) is 48.3 Å². The van der Waals surface area contributed by atoms with E-state index < -0.39 is 26.8 Å². The molecule has 1 aromatic rings. The number of likely N-dealkylation sites (tertiary alicyclic amines) is 1. The van der Waals surface area contributed by atoms with Gasteiger partial charge in [0.25, 0.3) is 0 Å². The SMILES string of the molecule is CC(C)(C)OC(=O)N1CCC(S(=O)(=O)c2ccccn2)C1. The summed E-state index contributed by atoms with van der Waals surface area (Å²) in [5.41, 5.74) is -0.588. The molecular weight excluding hydrogens is 292 g/mol. The smallest absolute Gasteiger partial charge is 0.410 e. The molecule has 1 amide bonds. The van der Waals surface area contributed by atoms with Crippen LogP contribution in [-0.2, 0) is 14.6 Å². The van der Waals surface area contributed by atoms with E-state index in [-0.39, 0.29) is 11.6 Å². The molecule has 0 spiro atoms. The summed E-state index contributed by atoms with van der Waals surface area (Å²) in [5.74, 6) is 0. The highest BCUT2D eigenvalue weighted by atomic mass is 32.2. The molecule has 1 aliphatic rings. The van der Waals surface area contributed by atoms with Crippen LogP contribution in [0.25, 0.3) is 0 Å². The number of hydrogen-bond donors (Lipinski definition) is 0. The normalized spacial score (nSPS) is 19.6. The van der Waals surface area contributed by atoms with E-state index >= 15 is 0 Å². The van der Waals surface area contributed by atoms with Gasteiger partial charge in [-0.15, -0.1) is 0 Å². The number of carbonyl (C=O) groups is 1. The molecule has 7 heteroatoms. The van der Waals surface area contributed by atoms with E-state index in [9.17, 15) is 13.2 Å². The lowest BCUT2D eigenvalue weighted by molar-refractivity contribution is 0.0295. The third kappa shape index (κ3) is 3.72. The van der Waals surface area contributed by atoms with Crippen molar-refractivity contribution in [2.75, 3.05) is 13.1 Å². The molecule has 0 saturated carbocycles. The second-order valence-electron chi connectivity index (χ2n) is 6.05. The summed E-state index contributed by atoms with van der Waals surface area (Å²) < 4.78 is 30.2. The van der Waals surface area contributed by atoms with Crippen molar-refractivity contribution in [3.63, 3.8) is 0 Å². The number of nitrogens with zero attached hydrogens (tertiary/aromatic N) is 2. The molecule has 0 bridgehead atoms. The van der Waals surface area contributed by atoms with Crippen molar-refractivity contribution in [3.05, 3.63) is 24.4 Å². The van der Waals surface area contributed by atoms with E-state index in [1.54, 1.807) is 32.9 Å². The van der Waals surface area contributed by atoms with E-state index in [1.807, 2.05) is 0 Å². The predicted molar refractivity (Wildman–Crippen MR) is 77.6 cm³/mol. The first-order valence-electron chi connectivity index (χ1n) is 6.83. The Morgan fingerprint density at radius 2 is 2.10 bits per heavy atom. The Balaban J connectivity index is 2.07. The zero-order valence-electron chi connectivity index (χ0n) is 12.4. The molecule has 116 valence electrons. The molecule has 0 radical (unpaired) electrons. The summed E-state index contributed by atoms with van der Waals surface area (Å²) >= 11 is 0. The summed E-state index contributed by atoms with van der Waals surface area (Å²) in [6.07, 6.45) is 1.38. The zero-order chi connectivity index (χ0) is 15.7. The van der Waals surface area contributed by atoms with Gasteiger partial charge in [-0.05, 0) is 39.3 Å². The molecule has 0 aromatic carbocycles. The fourth-order valence-corrected chi connectivity index (χ4v) is 3.77. The van der Waals surface area contributed by atoms with Crippen molar-refractivity contribution < 1.29 is 17.9 Å². The van der Waals surface area contributed by atoms with Crippen molar-refractivity contribution in [3.8, 4) is 0 Å². The molecule has 1 unspecified atom stereocenters. The number of pyridine rings is 1. The van der Waals surface area contributed by atoms with Gasteiger partial charge < -0.3 is 9.64 Å². The van der Waals surface area contributed by atoms with Crippen molar-refractivity contribution in [2.45, 2.75) is 43.1 Å². The number of ether oxygens (including phenoxy) is 1. The zero-order valence-corrected chi connectivity index (χ0v) is 13.3. The fraction of sp³-hybridized carbons (Fsp3) is 0.571. The molecule has 6 nitrogen and oxygen atoms in total. The minimum atomic E-state index is -3.51. The van der Waals surface area contributed by atoms with E-state index in [0.29, 0.717) is 13.0 Å². The Kier molecular flexibility index (Phi) is 4.22. The highest BCUT2D eigenvalue weighted by Gasteiger charge is 2.38. The third-order valence-corrected chi connectivity index (χ3v) is 5.25. The first kappa shape index (κ1) is 15.8. The van der Waals surface area contributed by atoms with Gasteiger partial charge >= 0.3 is 6.09 Å². The second-order valence-corrected chi connectivity index (χ2v) is 8.22. The summed E-state index contributed by atoms with van der Waals surface area (Å²) in [6.45, 7) is 5.87. The van der Waals surface area contributed by atoms with Gasteiger partial charge in [-0.2, -0.15) is 0 Å². The maximum Gasteiger partial charge on any atom is 0.410 e. The molecule has 2 heterocycles. The van der Waals surface area contributed by atoms with Crippen LogP contribution in [0.5, 0.6) is 0 Å². The molecule has 1 aromatic heterocycles. The predicted octanol–water partition coefficient (Wildman–Crippen LogP) is 1.86. The number of aromatic nitrogens is 1. The maximum absolute atomic E-state index is 12.4. The first-order valence-corrected chi connectivity index (χ1v) is 8.37. The monoisotopic (exact) mass is 312 g/mol. The largest absolute Gasteiger partial charge is 0.444 e. The Bertz CT molecular complexity index is 608. The minimum absolute atomic E-state index is 0.0565. The molecule has 1 fully saturated rings. The van der Waals surface area contributed by atoms with E-state index in [1.165, 1.54) is 17.2 Å². The minimum Gasteiger partial charge on any atom is -0.444 e. The lowest BCUT2D eigenvalue weighted by atomic mass is 10.2. The van der Waals surface area contributed by atoms with Crippen molar-refractivity contribution in [1.82, 2.24) is 9.88 Å². The Morgan fingerprint density at radius 3 is 2.67 bits per heavy atom. The van der Waals surface area contributed by atoms with Crippen molar-refractivity contribution >= 4 is 15.9 Å². The van der Waals surface area contributed by atoms with Crippen LogP contribution in [0.4, 0.5) is 4.79 Å². The molecule has 2 rings (SSSR count). The number of carbonyl (C=O) groups excluding carboxylic acids is 1. The quantitative estimate of drug-likeness (QED) is 0.833. The number of rotatable bonds is 2. The number of amides is 1. The van der Waals surface area contributed by atoms with Gasteiger partial charge in [0.2, 0.25) is 0 Å². The summed E-state index contributed by atoms with van der Waals surface area (Å²) in [4.78, 5) is 17.3. The standard InChI is InChI=1S/C14H20N2O4S/c1-14(2,3)20-13(17)16-9-7-11(10-16)21(18,19)12-6-4-5-8-15-12/h4-6,8,11H,7,9-10H2,1-3H3. The van der Waals surface area contributed by atoms with Gasteiger partial charge in [-0.3, -0.25) is 0 Å². The van der Waals surface area contributed by atoms with Gasteiger partial charge in [0.1, 0.15) is 5.60 Å². The lowest BCUT2D eigenvalue weighted by Gasteiger charge is -2.24. The summed E-state index contributed by atoms with van der Waals surface area (Å²) in [6, 6.07) is 4.78. The molecule has 0 N–H and O–H groups in total. The van der Waals surface area contributed by atoms with Crippen LogP contribution >= 0.6 is 0 Å². The lowest BCUT2D eigenvalue weighted by Crippen LogP contribution is -2.36. The van der Waals surface area contributed by atoms with Crippen molar-refractivity contribution in [2.24, 2.45) is 0 Å². The second kappa shape index (κ2) is 5.63. The third-order valence-electron chi connectivity index (χ3n) is 3.16. The van der Waals surface area contributed by atoms with E-state index in [2.05, 4.69) is 4.98 Å². The van der Waals surface area contributed by atoms with E-state index in [0.717, 1.165) is 0 Å². The molecule has 21 heavy (non-hydrogen) atoms. The van der Waals surface area contributed by atoms with Crippen LogP contribution < -0.4 is 0 Å². The molecule has 1 aliphatic heterocycles. The van der Waals surface area contributed by atoms with Crippen molar-refractivity contribution in [1.29, 1.82) is 0 Å². The molecular formula is C14H20N2O4S. The summed E-state index contributed by atoms with van der Waals surface area (Å²) in [7, 11) is -3.51. The maximum atomic E-state index is 12.4. The van der Waals surface area contributed by atoms with Gasteiger partial charge in [0, 0.05) is 19.3 Å². The topological polar surface area (TPSA) is 76.6 Å². The molecule has 1 atom stereocenters. The van der Waals surface area contributed by atoms with Gasteiger partial charge in [0.05, 0.1) is 5.25 Å². The van der Waals surface area contributed by atoms with Crippen LogP contribution in [0.1, 0.15) is 27.2 Å². The summed E-state index contributed by atoms with van der Waals surface area (Å²) in [5, 5.41) is -0.569. The highest BCUT2D eigenvalue weighted by molar-refractivity contribution is 7.92. The fourth-order valence-electron chi connectivity index (χ4n) is 2.16. The Morgan fingerprint density at radius 1 is 1.38 bits per heavy atom. The van der Waals surface area contributed by atoms with Crippen LogP contribution in [0, 0.1) is 0 Å². The average molecular weight is 312 g/mol. The Hall–Kier alpha value is -1.63. The highest BCUT2D eigenvalue weighted by Crippen LogP contribution is 2.24. The molecule has 0 aliphatic carbocycles. The number of hydrogen-bond acceptors (Lipinski definition) is 5. The van der Waals surface area contributed by atoms with Gasteiger partial charge in [-0.1, -0.05) is 6.07 Å². The average Bonchev–Trinajstić information content (AvgIpc) is 2.88. The van der Waals surface area contributed by atoms with Gasteiger partial charge in [-0.25, -0.2) is 18.2 Å². The van der Waals surface area contributed by atoms with Crippen LogP contribution in [0.15, 0.2) is 29.4 Å². The molecule has 1 saturated heterocycles. The Labute approximate surface area is 125 Å². The first-order chi connectivity index (χ1) is 9.70.